The molecule has 0 aromatic heterocycles. The average Bonchev–Trinajstić information content (AvgIpc) is 3.35. The van der Waals surface area contributed by atoms with E-state index in [-0.39, 0.29) is 11.9 Å². The molecule has 0 radical (unpaired) electrons. The van der Waals surface area contributed by atoms with Crippen LogP contribution in [0.1, 0.15) is 30.4 Å². The first-order chi connectivity index (χ1) is 14.4. The Morgan fingerprint density at radius 3 is 2.60 bits per heavy atom. The molecule has 160 valence electrons. The minimum atomic E-state index is -4.32. The smallest absolute Gasteiger partial charge is 0.312 e. The maximum atomic E-state index is 12.8. The number of amides is 1. The number of likely N-dealkylation sites (tertiary alicyclic amines) is 1. The molecule has 2 aliphatic rings. The summed E-state index contributed by atoms with van der Waals surface area (Å²) in [6, 6.07) is 13.8. The highest BCUT2D eigenvalue weighted by Crippen LogP contribution is 2.31. The molecule has 2 aromatic rings. The Labute approximate surface area is 178 Å². The standard InChI is InChI=1S/C22H24F3N3OS/c23-22(24,25)17-3-1-4-20(13-17)30-26-18-10-12-27(15-18)14-16-6-8-19(9-7-16)28-11-2-5-21(28)29/h1,3-4,6-9,13,18,26H,2,5,10-12,14-15H2. The number of hydrogen-bond donors (Lipinski definition) is 1. The summed E-state index contributed by atoms with van der Waals surface area (Å²) in [5, 5.41) is 0. The molecule has 1 amide bonds. The third-order valence-corrected chi connectivity index (χ3v) is 6.45. The second-order valence-electron chi connectivity index (χ2n) is 7.78. The van der Waals surface area contributed by atoms with Crippen LogP contribution in [-0.4, -0.2) is 36.5 Å². The maximum absolute atomic E-state index is 12.8. The Bertz CT molecular complexity index is 888. The van der Waals surface area contributed by atoms with E-state index < -0.39 is 11.7 Å². The molecular formula is C22H24F3N3OS. The van der Waals surface area contributed by atoms with Crippen LogP contribution in [0.2, 0.25) is 0 Å². The number of nitrogens with one attached hydrogen (secondary N) is 1. The molecule has 0 bridgehead atoms. The zero-order valence-electron chi connectivity index (χ0n) is 16.5. The molecule has 2 heterocycles. The monoisotopic (exact) mass is 435 g/mol. The zero-order valence-corrected chi connectivity index (χ0v) is 17.3. The molecule has 8 heteroatoms. The fourth-order valence-electron chi connectivity index (χ4n) is 3.92. The lowest BCUT2D eigenvalue weighted by molar-refractivity contribution is -0.137. The fourth-order valence-corrected chi connectivity index (χ4v) is 4.75. The van der Waals surface area contributed by atoms with E-state index in [1.807, 2.05) is 17.0 Å². The molecule has 0 saturated carbocycles. The second kappa shape index (κ2) is 8.99. The predicted octanol–water partition coefficient (Wildman–Crippen LogP) is 4.70. The number of carbonyl (C=O) groups excluding carboxylic acids is 1. The Kier molecular flexibility index (Phi) is 6.36. The van der Waals surface area contributed by atoms with Gasteiger partial charge in [0.2, 0.25) is 5.91 Å². The zero-order chi connectivity index (χ0) is 21.1. The van der Waals surface area contributed by atoms with Gasteiger partial charge in [0, 0.05) is 49.2 Å². The van der Waals surface area contributed by atoms with Crippen LogP contribution < -0.4 is 9.62 Å². The number of halogens is 3. The molecule has 0 spiro atoms. The fraction of sp³-hybridized carbons (Fsp3) is 0.409. The van der Waals surface area contributed by atoms with E-state index in [1.54, 1.807) is 6.07 Å². The van der Waals surface area contributed by atoms with E-state index in [0.29, 0.717) is 11.3 Å². The molecule has 1 N–H and O–H groups in total. The highest BCUT2D eigenvalue weighted by Gasteiger charge is 2.30. The topological polar surface area (TPSA) is 35.6 Å². The first-order valence-corrected chi connectivity index (χ1v) is 10.9. The molecule has 2 fully saturated rings. The number of rotatable bonds is 6. The van der Waals surface area contributed by atoms with Gasteiger partial charge in [0.15, 0.2) is 0 Å². The number of hydrogen-bond acceptors (Lipinski definition) is 4. The van der Waals surface area contributed by atoms with Gasteiger partial charge in [0.25, 0.3) is 0 Å². The molecule has 1 atom stereocenters. The van der Waals surface area contributed by atoms with Crippen LogP contribution in [0.5, 0.6) is 0 Å². The number of benzene rings is 2. The summed E-state index contributed by atoms with van der Waals surface area (Å²) in [5.41, 5.74) is 1.53. The van der Waals surface area contributed by atoms with Gasteiger partial charge >= 0.3 is 6.18 Å². The summed E-state index contributed by atoms with van der Waals surface area (Å²) in [4.78, 5) is 16.6. The van der Waals surface area contributed by atoms with Crippen molar-refractivity contribution in [3.8, 4) is 0 Å². The van der Waals surface area contributed by atoms with E-state index in [2.05, 4.69) is 21.8 Å². The van der Waals surface area contributed by atoms with Gasteiger partial charge in [-0.15, -0.1) is 0 Å². The maximum Gasteiger partial charge on any atom is 0.416 e. The molecule has 1 unspecified atom stereocenters. The van der Waals surface area contributed by atoms with Crippen molar-refractivity contribution in [2.75, 3.05) is 24.5 Å². The van der Waals surface area contributed by atoms with Gasteiger partial charge in [0.1, 0.15) is 0 Å². The molecule has 2 saturated heterocycles. The summed E-state index contributed by atoms with van der Waals surface area (Å²) in [7, 11) is 0. The van der Waals surface area contributed by atoms with Gasteiger partial charge in [-0.25, -0.2) is 0 Å². The summed E-state index contributed by atoms with van der Waals surface area (Å²) in [6.45, 7) is 3.40. The van der Waals surface area contributed by atoms with Gasteiger partial charge in [-0.2, -0.15) is 13.2 Å². The Morgan fingerprint density at radius 2 is 1.90 bits per heavy atom. The van der Waals surface area contributed by atoms with Gasteiger partial charge in [-0.1, -0.05) is 18.2 Å². The van der Waals surface area contributed by atoms with Crippen molar-refractivity contribution in [2.24, 2.45) is 0 Å². The lowest BCUT2D eigenvalue weighted by Crippen LogP contribution is -2.28. The third-order valence-electron chi connectivity index (χ3n) is 5.50. The van der Waals surface area contributed by atoms with E-state index >= 15 is 0 Å². The van der Waals surface area contributed by atoms with Crippen LogP contribution in [0, 0.1) is 0 Å². The molecule has 30 heavy (non-hydrogen) atoms. The number of nitrogens with zero attached hydrogens (tertiary/aromatic N) is 2. The highest BCUT2D eigenvalue weighted by molar-refractivity contribution is 7.97. The first-order valence-electron chi connectivity index (χ1n) is 10.1. The van der Waals surface area contributed by atoms with Crippen LogP contribution in [-0.2, 0) is 17.5 Å². The van der Waals surface area contributed by atoms with Crippen LogP contribution in [0.15, 0.2) is 53.4 Å². The lowest BCUT2D eigenvalue weighted by atomic mass is 10.2. The summed E-state index contributed by atoms with van der Waals surface area (Å²) < 4.78 is 41.8. The quantitative estimate of drug-likeness (QED) is 0.667. The van der Waals surface area contributed by atoms with Crippen LogP contribution in [0.3, 0.4) is 0 Å². The molecule has 2 aliphatic heterocycles. The highest BCUT2D eigenvalue weighted by atomic mass is 32.2. The molecule has 2 aromatic carbocycles. The SMILES string of the molecule is O=C1CCCN1c1ccc(CN2CCC(NSc3cccc(C(F)(F)F)c3)C2)cc1. The average molecular weight is 436 g/mol. The minimum Gasteiger partial charge on any atom is -0.312 e. The second-order valence-corrected chi connectivity index (χ2v) is 8.69. The third kappa shape index (κ3) is 5.17. The van der Waals surface area contributed by atoms with Crippen molar-refractivity contribution >= 4 is 23.5 Å². The van der Waals surface area contributed by atoms with E-state index in [1.165, 1.54) is 29.6 Å². The van der Waals surface area contributed by atoms with E-state index in [4.69, 9.17) is 0 Å². The molecule has 0 aliphatic carbocycles. The van der Waals surface area contributed by atoms with Gasteiger partial charge in [-0.3, -0.25) is 14.4 Å². The lowest BCUT2D eigenvalue weighted by Gasteiger charge is -2.19. The molecule has 4 rings (SSSR count). The molecule has 4 nitrogen and oxygen atoms in total. The number of alkyl halides is 3. The largest absolute Gasteiger partial charge is 0.416 e. The van der Waals surface area contributed by atoms with Crippen molar-refractivity contribution in [1.82, 2.24) is 9.62 Å². The van der Waals surface area contributed by atoms with Gasteiger partial charge < -0.3 is 4.90 Å². The van der Waals surface area contributed by atoms with Crippen LogP contribution in [0.25, 0.3) is 0 Å². The predicted molar refractivity (Wildman–Crippen MR) is 112 cm³/mol. The van der Waals surface area contributed by atoms with Crippen molar-refractivity contribution in [3.05, 3.63) is 59.7 Å². The Balaban J connectivity index is 1.26. The van der Waals surface area contributed by atoms with Crippen molar-refractivity contribution in [1.29, 1.82) is 0 Å². The summed E-state index contributed by atoms with van der Waals surface area (Å²) >= 11 is 1.26. The van der Waals surface area contributed by atoms with E-state index in [0.717, 1.165) is 50.8 Å². The Morgan fingerprint density at radius 1 is 1.10 bits per heavy atom. The summed E-state index contributed by atoms with van der Waals surface area (Å²) in [5.74, 6) is 0.189. The van der Waals surface area contributed by atoms with Gasteiger partial charge in [-0.05, 0) is 60.7 Å². The Hall–Kier alpha value is -2.03. The summed E-state index contributed by atoms with van der Waals surface area (Å²) in [6.07, 6.45) is -1.83. The van der Waals surface area contributed by atoms with E-state index in [9.17, 15) is 18.0 Å². The molecular weight excluding hydrogens is 411 g/mol. The number of anilines is 1. The van der Waals surface area contributed by atoms with Crippen molar-refractivity contribution in [2.45, 2.75) is 42.9 Å². The normalized spacial score (nSPS) is 20.3. The van der Waals surface area contributed by atoms with Crippen LogP contribution in [0.4, 0.5) is 18.9 Å². The minimum absolute atomic E-state index is 0.189. The van der Waals surface area contributed by atoms with Crippen molar-refractivity contribution < 1.29 is 18.0 Å². The first kappa shape index (κ1) is 21.2. The van der Waals surface area contributed by atoms with Crippen LogP contribution >= 0.6 is 11.9 Å². The number of carbonyl (C=O) groups is 1. The van der Waals surface area contributed by atoms with Crippen molar-refractivity contribution in [3.63, 3.8) is 0 Å². The van der Waals surface area contributed by atoms with Gasteiger partial charge in [0.05, 0.1) is 5.56 Å².